The highest BCUT2D eigenvalue weighted by Crippen LogP contribution is 2.40. The minimum atomic E-state index is 0.409. The van der Waals surface area contributed by atoms with Gasteiger partial charge in [-0.1, -0.05) is 12.8 Å². The van der Waals surface area contributed by atoms with E-state index < -0.39 is 0 Å². The molecule has 4 atom stereocenters. The van der Waals surface area contributed by atoms with Crippen LogP contribution in [0.15, 0.2) is 0 Å². The largest absolute Gasteiger partial charge is 0.327 e. The number of nitrogens with two attached hydrogens (primary N) is 2. The molecule has 2 saturated carbocycles. The quantitative estimate of drug-likeness (QED) is 0.543. The predicted octanol–water partition coefficient (Wildman–Crippen LogP) is 0.851. The Morgan fingerprint density at radius 1 is 0.818 bits per heavy atom. The van der Waals surface area contributed by atoms with Crippen LogP contribution < -0.4 is 11.5 Å². The second-order valence-electron chi connectivity index (χ2n) is 4.17. The lowest BCUT2D eigenvalue weighted by Crippen LogP contribution is -2.44. The van der Waals surface area contributed by atoms with Crippen LogP contribution in [-0.2, 0) is 0 Å². The van der Waals surface area contributed by atoms with Crippen LogP contribution in [0.1, 0.15) is 32.1 Å². The lowest BCUT2D eigenvalue weighted by atomic mass is 9.77. The summed E-state index contributed by atoms with van der Waals surface area (Å²) in [5.74, 6) is 1.53. The van der Waals surface area contributed by atoms with Crippen molar-refractivity contribution in [2.75, 3.05) is 0 Å². The molecule has 4 N–H and O–H groups in total. The van der Waals surface area contributed by atoms with Crippen molar-refractivity contribution in [3.05, 3.63) is 0 Å². The summed E-state index contributed by atoms with van der Waals surface area (Å²) >= 11 is 0. The molecule has 0 aromatic rings. The van der Waals surface area contributed by atoms with Crippen LogP contribution in [0.5, 0.6) is 0 Å². The Hall–Kier alpha value is -0.0800. The molecule has 11 heavy (non-hydrogen) atoms. The monoisotopic (exact) mass is 154 g/mol. The first-order chi connectivity index (χ1) is 5.29. The Balaban J connectivity index is 2.08. The Morgan fingerprint density at radius 2 is 1.55 bits per heavy atom. The molecule has 0 aromatic heterocycles. The molecule has 2 aliphatic carbocycles. The van der Waals surface area contributed by atoms with Gasteiger partial charge < -0.3 is 11.5 Å². The zero-order chi connectivity index (χ0) is 7.84. The first kappa shape index (κ1) is 7.56. The van der Waals surface area contributed by atoms with Gasteiger partial charge in [-0.25, -0.2) is 0 Å². The smallest absolute Gasteiger partial charge is 0.00846 e. The molecule has 64 valence electrons. The first-order valence-electron chi connectivity index (χ1n) is 4.80. The maximum atomic E-state index is 6.03. The van der Waals surface area contributed by atoms with Gasteiger partial charge in [0, 0.05) is 12.1 Å². The minimum absolute atomic E-state index is 0.409. The van der Waals surface area contributed by atoms with Crippen molar-refractivity contribution >= 4 is 0 Å². The van der Waals surface area contributed by atoms with Crippen molar-refractivity contribution in [3.63, 3.8) is 0 Å². The highest BCUT2D eigenvalue weighted by atomic mass is 14.8. The lowest BCUT2D eigenvalue weighted by molar-refractivity contribution is 0.224. The van der Waals surface area contributed by atoms with Crippen LogP contribution in [0.25, 0.3) is 0 Å². The summed E-state index contributed by atoms with van der Waals surface area (Å²) in [6, 6.07) is 0.821. The average Bonchev–Trinajstić information content (AvgIpc) is 2.34. The summed E-state index contributed by atoms with van der Waals surface area (Å²) in [6.07, 6.45) is 6.46. The van der Waals surface area contributed by atoms with E-state index in [2.05, 4.69) is 0 Å². The SMILES string of the molecule is NC1CCCC2CCC(N)C12. The van der Waals surface area contributed by atoms with Crippen LogP contribution in [-0.4, -0.2) is 12.1 Å². The van der Waals surface area contributed by atoms with Crippen LogP contribution in [0.3, 0.4) is 0 Å². The van der Waals surface area contributed by atoms with E-state index in [1.165, 1.54) is 32.1 Å². The third kappa shape index (κ3) is 1.18. The summed E-state index contributed by atoms with van der Waals surface area (Å²) in [5, 5.41) is 0. The van der Waals surface area contributed by atoms with E-state index in [-0.39, 0.29) is 0 Å². The third-order valence-electron chi connectivity index (χ3n) is 3.52. The minimum Gasteiger partial charge on any atom is -0.327 e. The number of hydrogen-bond donors (Lipinski definition) is 2. The Kier molecular flexibility index (Phi) is 1.90. The number of rotatable bonds is 0. The maximum Gasteiger partial charge on any atom is 0.00846 e. The number of fused-ring (bicyclic) bond motifs is 1. The molecule has 0 amide bonds. The molecule has 0 spiro atoms. The molecule has 2 aliphatic rings. The van der Waals surface area contributed by atoms with Crippen molar-refractivity contribution < 1.29 is 0 Å². The van der Waals surface area contributed by atoms with Gasteiger partial charge in [-0.05, 0) is 31.1 Å². The molecule has 2 nitrogen and oxygen atoms in total. The van der Waals surface area contributed by atoms with E-state index in [9.17, 15) is 0 Å². The van der Waals surface area contributed by atoms with Crippen LogP contribution >= 0.6 is 0 Å². The van der Waals surface area contributed by atoms with Gasteiger partial charge in [0.25, 0.3) is 0 Å². The van der Waals surface area contributed by atoms with E-state index in [1.807, 2.05) is 0 Å². The summed E-state index contributed by atoms with van der Waals surface area (Å²) in [7, 11) is 0. The van der Waals surface area contributed by atoms with Crippen LogP contribution in [0.4, 0.5) is 0 Å². The standard InChI is InChI=1S/C9H18N2/c10-7-3-1-2-6-4-5-8(11)9(6)7/h6-9H,1-5,10-11H2. The predicted molar refractivity (Wildman–Crippen MR) is 46.0 cm³/mol. The van der Waals surface area contributed by atoms with Gasteiger partial charge in [0.2, 0.25) is 0 Å². The highest BCUT2D eigenvalue weighted by Gasteiger charge is 2.39. The van der Waals surface area contributed by atoms with E-state index in [0.717, 1.165) is 5.92 Å². The van der Waals surface area contributed by atoms with Crippen LogP contribution in [0, 0.1) is 11.8 Å². The van der Waals surface area contributed by atoms with Crippen molar-refractivity contribution in [2.24, 2.45) is 23.3 Å². The zero-order valence-electron chi connectivity index (χ0n) is 7.00. The fourth-order valence-corrected chi connectivity index (χ4v) is 2.95. The van der Waals surface area contributed by atoms with Gasteiger partial charge in [-0.2, -0.15) is 0 Å². The number of hydrogen-bond acceptors (Lipinski definition) is 2. The van der Waals surface area contributed by atoms with E-state index in [1.54, 1.807) is 0 Å². The second kappa shape index (κ2) is 2.76. The molecular weight excluding hydrogens is 136 g/mol. The summed E-state index contributed by atoms with van der Waals surface area (Å²) in [5.41, 5.74) is 12.0. The average molecular weight is 154 g/mol. The second-order valence-corrected chi connectivity index (χ2v) is 4.17. The summed E-state index contributed by atoms with van der Waals surface area (Å²) < 4.78 is 0. The Morgan fingerprint density at radius 3 is 2.27 bits per heavy atom. The Bertz CT molecular complexity index is 144. The van der Waals surface area contributed by atoms with Crippen molar-refractivity contribution in [1.29, 1.82) is 0 Å². The molecule has 0 heterocycles. The van der Waals surface area contributed by atoms with Gasteiger partial charge in [-0.15, -0.1) is 0 Å². The third-order valence-corrected chi connectivity index (χ3v) is 3.52. The highest BCUT2D eigenvalue weighted by molar-refractivity contribution is 4.95. The van der Waals surface area contributed by atoms with Crippen molar-refractivity contribution in [1.82, 2.24) is 0 Å². The molecule has 2 rings (SSSR count). The molecule has 2 fully saturated rings. The fraction of sp³-hybridized carbons (Fsp3) is 1.00. The zero-order valence-corrected chi connectivity index (χ0v) is 7.00. The molecule has 0 radical (unpaired) electrons. The summed E-state index contributed by atoms with van der Waals surface area (Å²) in [6.45, 7) is 0. The van der Waals surface area contributed by atoms with Gasteiger partial charge in [-0.3, -0.25) is 0 Å². The van der Waals surface area contributed by atoms with Gasteiger partial charge >= 0.3 is 0 Å². The Labute approximate surface area is 68.3 Å². The van der Waals surface area contributed by atoms with E-state index in [4.69, 9.17) is 11.5 Å². The van der Waals surface area contributed by atoms with Crippen LogP contribution in [0.2, 0.25) is 0 Å². The molecular formula is C9H18N2. The maximum absolute atomic E-state index is 6.03. The van der Waals surface area contributed by atoms with Gasteiger partial charge in [0.15, 0.2) is 0 Å². The summed E-state index contributed by atoms with van der Waals surface area (Å²) in [4.78, 5) is 0. The van der Waals surface area contributed by atoms with Crippen molar-refractivity contribution in [3.8, 4) is 0 Å². The first-order valence-corrected chi connectivity index (χ1v) is 4.80. The van der Waals surface area contributed by atoms with E-state index in [0.29, 0.717) is 18.0 Å². The van der Waals surface area contributed by atoms with Gasteiger partial charge in [0.05, 0.1) is 0 Å². The van der Waals surface area contributed by atoms with Crippen molar-refractivity contribution in [2.45, 2.75) is 44.2 Å². The topological polar surface area (TPSA) is 52.0 Å². The van der Waals surface area contributed by atoms with Gasteiger partial charge in [0.1, 0.15) is 0 Å². The molecule has 4 unspecified atom stereocenters. The fourth-order valence-electron chi connectivity index (χ4n) is 2.95. The molecule has 0 bridgehead atoms. The molecule has 2 heteroatoms. The normalized spacial score (nSPS) is 50.7. The lowest BCUT2D eigenvalue weighted by Gasteiger charge is -2.33. The molecule has 0 aliphatic heterocycles. The van der Waals surface area contributed by atoms with E-state index >= 15 is 0 Å². The molecule has 0 saturated heterocycles. The molecule has 0 aromatic carbocycles.